The van der Waals surface area contributed by atoms with Gasteiger partial charge in [-0.25, -0.2) is 4.98 Å². The fraction of sp³-hybridized carbons (Fsp3) is 0.136. The van der Waals surface area contributed by atoms with Gasteiger partial charge in [-0.15, -0.1) is 0 Å². The summed E-state index contributed by atoms with van der Waals surface area (Å²) in [5, 5.41) is 5.70. The Kier molecular flexibility index (Phi) is 4.87. The van der Waals surface area contributed by atoms with Crippen molar-refractivity contribution in [1.29, 1.82) is 0 Å². The second-order valence-corrected chi connectivity index (χ2v) is 6.72. The minimum Gasteiger partial charge on any atom is -0.467 e. The van der Waals surface area contributed by atoms with Gasteiger partial charge in [0.2, 0.25) is 5.82 Å². The number of amides is 2. The van der Waals surface area contributed by atoms with E-state index in [1.165, 1.54) is 0 Å². The zero-order valence-corrected chi connectivity index (χ0v) is 16.1. The molecule has 0 saturated heterocycles. The third-order valence-corrected chi connectivity index (χ3v) is 4.69. The maximum atomic E-state index is 13.0. The number of anilines is 1. The number of pyridine rings is 1. The smallest absolute Gasteiger partial charge is 0.292 e. The van der Waals surface area contributed by atoms with Crippen LogP contribution in [0.4, 0.5) is 5.69 Å². The molecule has 1 aromatic carbocycles. The summed E-state index contributed by atoms with van der Waals surface area (Å²) >= 11 is 0. The standard InChI is InChI=1S/C22H20N4O3/c1-14-7-5-8-15(2)18(14)25-22(28)20-24-19(17-10-3-4-11-26(17)20)21(27)23-13-16-9-6-12-29-16/h3-12H,13H2,1-2H3,(H,23,27)(H,25,28). The number of aromatic nitrogens is 2. The fourth-order valence-electron chi connectivity index (χ4n) is 3.21. The molecule has 0 unspecified atom stereocenters. The number of imidazole rings is 1. The van der Waals surface area contributed by atoms with E-state index in [9.17, 15) is 9.59 Å². The fourth-order valence-corrected chi connectivity index (χ4v) is 3.21. The molecule has 0 aliphatic rings. The van der Waals surface area contributed by atoms with Crippen molar-refractivity contribution in [2.24, 2.45) is 0 Å². The number of furan rings is 1. The summed E-state index contributed by atoms with van der Waals surface area (Å²) in [5.41, 5.74) is 3.39. The first kappa shape index (κ1) is 18.5. The number of hydrogen-bond donors (Lipinski definition) is 2. The van der Waals surface area contributed by atoms with E-state index in [0.717, 1.165) is 16.8 Å². The largest absolute Gasteiger partial charge is 0.467 e. The van der Waals surface area contributed by atoms with Crippen molar-refractivity contribution in [3.63, 3.8) is 0 Å². The summed E-state index contributed by atoms with van der Waals surface area (Å²) in [6.07, 6.45) is 3.26. The first-order valence-electron chi connectivity index (χ1n) is 9.20. The Balaban J connectivity index is 1.65. The van der Waals surface area contributed by atoms with Gasteiger partial charge >= 0.3 is 0 Å². The van der Waals surface area contributed by atoms with Gasteiger partial charge in [0.25, 0.3) is 11.8 Å². The number of hydrogen-bond acceptors (Lipinski definition) is 4. The molecule has 4 aromatic rings. The van der Waals surface area contributed by atoms with Crippen LogP contribution >= 0.6 is 0 Å². The molecule has 0 saturated carbocycles. The molecule has 7 nitrogen and oxygen atoms in total. The van der Waals surface area contributed by atoms with Crippen LogP contribution in [-0.2, 0) is 6.54 Å². The normalized spacial score (nSPS) is 10.8. The number of fused-ring (bicyclic) bond motifs is 1. The molecule has 2 amide bonds. The van der Waals surface area contributed by atoms with E-state index in [-0.39, 0.29) is 29.9 Å². The van der Waals surface area contributed by atoms with E-state index in [1.54, 1.807) is 47.2 Å². The van der Waals surface area contributed by atoms with E-state index in [4.69, 9.17) is 4.42 Å². The van der Waals surface area contributed by atoms with E-state index in [2.05, 4.69) is 15.6 Å². The van der Waals surface area contributed by atoms with Gasteiger partial charge in [0.1, 0.15) is 5.76 Å². The van der Waals surface area contributed by atoms with Crippen LogP contribution in [0.5, 0.6) is 0 Å². The Hall–Kier alpha value is -3.87. The van der Waals surface area contributed by atoms with Gasteiger partial charge in [-0.3, -0.25) is 14.0 Å². The van der Waals surface area contributed by atoms with Crippen molar-refractivity contribution in [3.05, 3.63) is 89.4 Å². The lowest BCUT2D eigenvalue weighted by Gasteiger charge is -2.10. The SMILES string of the molecule is Cc1cccc(C)c1NC(=O)c1nc(C(=O)NCc2ccco2)c2ccccn12. The quantitative estimate of drug-likeness (QED) is 0.545. The van der Waals surface area contributed by atoms with E-state index in [1.807, 2.05) is 32.0 Å². The van der Waals surface area contributed by atoms with Crippen molar-refractivity contribution < 1.29 is 14.0 Å². The number of nitrogens with one attached hydrogen (secondary N) is 2. The third kappa shape index (κ3) is 3.62. The molecule has 3 heterocycles. The Bertz CT molecular complexity index is 1170. The van der Waals surface area contributed by atoms with Gasteiger partial charge in [-0.2, -0.15) is 0 Å². The van der Waals surface area contributed by atoms with Crippen LogP contribution in [0.2, 0.25) is 0 Å². The van der Waals surface area contributed by atoms with Gasteiger partial charge in [-0.05, 0) is 49.2 Å². The zero-order valence-electron chi connectivity index (χ0n) is 16.1. The van der Waals surface area contributed by atoms with Crippen molar-refractivity contribution >= 4 is 23.0 Å². The predicted molar refractivity (Wildman–Crippen MR) is 109 cm³/mol. The van der Waals surface area contributed by atoms with Crippen LogP contribution in [0.25, 0.3) is 5.52 Å². The van der Waals surface area contributed by atoms with Crippen LogP contribution in [0.15, 0.2) is 65.4 Å². The predicted octanol–water partition coefficient (Wildman–Crippen LogP) is 3.73. The number of aryl methyl sites for hydroxylation is 2. The summed E-state index contributed by atoms with van der Waals surface area (Å²) in [7, 11) is 0. The number of carbonyl (C=O) groups excluding carboxylic acids is 2. The second-order valence-electron chi connectivity index (χ2n) is 6.72. The third-order valence-electron chi connectivity index (χ3n) is 4.69. The van der Waals surface area contributed by atoms with E-state index < -0.39 is 0 Å². The first-order valence-corrected chi connectivity index (χ1v) is 9.20. The van der Waals surface area contributed by atoms with Gasteiger partial charge < -0.3 is 15.1 Å². The molecule has 3 aromatic heterocycles. The molecule has 29 heavy (non-hydrogen) atoms. The summed E-state index contributed by atoms with van der Waals surface area (Å²) in [6, 6.07) is 14.7. The lowest BCUT2D eigenvalue weighted by atomic mass is 10.1. The number of para-hydroxylation sites is 1. The molecule has 0 fully saturated rings. The van der Waals surface area contributed by atoms with Crippen LogP contribution in [-0.4, -0.2) is 21.2 Å². The maximum Gasteiger partial charge on any atom is 0.292 e. The van der Waals surface area contributed by atoms with Crippen molar-refractivity contribution in [3.8, 4) is 0 Å². The Morgan fingerprint density at radius 2 is 1.79 bits per heavy atom. The van der Waals surface area contributed by atoms with Crippen molar-refractivity contribution in [2.45, 2.75) is 20.4 Å². The highest BCUT2D eigenvalue weighted by atomic mass is 16.3. The van der Waals surface area contributed by atoms with Crippen LogP contribution in [0.1, 0.15) is 38.0 Å². The summed E-state index contributed by atoms with van der Waals surface area (Å²) in [6.45, 7) is 4.10. The Morgan fingerprint density at radius 3 is 2.52 bits per heavy atom. The molecule has 0 atom stereocenters. The monoisotopic (exact) mass is 388 g/mol. The van der Waals surface area contributed by atoms with E-state index >= 15 is 0 Å². The number of rotatable bonds is 5. The highest BCUT2D eigenvalue weighted by Crippen LogP contribution is 2.21. The van der Waals surface area contributed by atoms with E-state index in [0.29, 0.717) is 11.3 Å². The molecule has 0 radical (unpaired) electrons. The highest BCUT2D eigenvalue weighted by molar-refractivity contribution is 6.06. The van der Waals surface area contributed by atoms with Gasteiger partial charge in [0.15, 0.2) is 5.69 Å². The number of nitrogens with zero attached hydrogens (tertiary/aromatic N) is 2. The van der Waals surface area contributed by atoms with Crippen LogP contribution < -0.4 is 10.6 Å². The molecule has 0 spiro atoms. The van der Waals surface area contributed by atoms with Gasteiger partial charge in [0, 0.05) is 11.9 Å². The molecule has 4 rings (SSSR count). The molecule has 7 heteroatoms. The minimum atomic E-state index is -0.381. The molecular weight excluding hydrogens is 368 g/mol. The average Bonchev–Trinajstić information content (AvgIpc) is 3.37. The number of benzene rings is 1. The van der Waals surface area contributed by atoms with Crippen molar-refractivity contribution in [2.75, 3.05) is 5.32 Å². The lowest BCUT2D eigenvalue weighted by Crippen LogP contribution is -2.23. The van der Waals surface area contributed by atoms with Crippen molar-refractivity contribution in [1.82, 2.24) is 14.7 Å². The Labute approximate surface area is 167 Å². The lowest BCUT2D eigenvalue weighted by molar-refractivity contribution is 0.0945. The maximum absolute atomic E-state index is 13.0. The zero-order chi connectivity index (χ0) is 20.4. The topological polar surface area (TPSA) is 88.6 Å². The average molecular weight is 388 g/mol. The highest BCUT2D eigenvalue weighted by Gasteiger charge is 2.22. The molecule has 0 bridgehead atoms. The molecule has 0 aliphatic heterocycles. The first-order chi connectivity index (χ1) is 14.0. The molecular formula is C22H20N4O3. The molecule has 146 valence electrons. The van der Waals surface area contributed by atoms with Gasteiger partial charge in [0.05, 0.1) is 18.3 Å². The molecule has 0 aliphatic carbocycles. The Morgan fingerprint density at radius 1 is 1.00 bits per heavy atom. The van der Waals surface area contributed by atoms with Gasteiger partial charge in [-0.1, -0.05) is 24.3 Å². The second kappa shape index (κ2) is 7.63. The minimum absolute atomic E-state index is 0.145. The molecule has 2 N–H and O–H groups in total. The summed E-state index contributed by atoms with van der Waals surface area (Å²) in [5.74, 6) is 0.0196. The van der Waals surface area contributed by atoms with Crippen LogP contribution in [0.3, 0.4) is 0 Å². The van der Waals surface area contributed by atoms with Crippen LogP contribution in [0, 0.1) is 13.8 Å². The summed E-state index contributed by atoms with van der Waals surface area (Å²) < 4.78 is 6.85. The number of carbonyl (C=O) groups is 2. The summed E-state index contributed by atoms with van der Waals surface area (Å²) in [4.78, 5) is 30.0.